The first-order valence-corrected chi connectivity index (χ1v) is 6.70. The van der Waals surface area contributed by atoms with Crippen LogP contribution in [0.3, 0.4) is 0 Å². The van der Waals surface area contributed by atoms with Crippen LogP contribution in [0.4, 0.5) is 79.0 Å². The highest BCUT2D eigenvalue weighted by Gasteiger charge is 2.76. The normalized spacial score (nSPS) is 18.1. The fraction of sp³-hybridized carbons (Fsp3) is 0.800. The minimum absolute atomic E-state index is 1.59. The molecule has 0 aromatic carbocycles. The molecule has 0 N–H and O–H groups in total. The molecule has 202 valence electrons. The highest BCUT2D eigenvalue weighted by Crippen LogP contribution is 2.47. The summed E-state index contributed by atoms with van der Waals surface area (Å²) in [5, 5.41) is 0. The van der Waals surface area contributed by atoms with E-state index in [4.69, 9.17) is 0 Å². The van der Waals surface area contributed by atoms with Crippen molar-refractivity contribution in [1.82, 2.24) is 0 Å². The Morgan fingerprint density at radius 1 is 0.382 bits per heavy atom. The van der Waals surface area contributed by atoms with Crippen LogP contribution in [0.5, 0.6) is 0 Å². The van der Waals surface area contributed by atoms with Crippen LogP contribution in [-0.4, -0.2) is 60.6 Å². The molecule has 0 spiro atoms. The highest BCUT2D eigenvalue weighted by atomic mass is 19.4. The lowest BCUT2D eigenvalue weighted by Gasteiger charge is -2.31. The molecule has 0 radical (unpaired) electrons. The van der Waals surface area contributed by atoms with E-state index in [1.54, 1.807) is 9.47 Å². The molecular weight excluding hydrogens is 558 g/mol. The first-order chi connectivity index (χ1) is 14.5. The van der Waals surface area contributed by atoms with Crippen molar-refractivity contribution in [3.8, 4) is 0 Å². The van der Waals surface area contributed by atoms with E-state index in [1.165, 1.54) is 0 Å². The quantitative estimate of drug-likeness (QED) is 0.266. The Morgan fingerprint density at radius 3 is 0.735 bits per heavy atom. The van der Waals surface area contributed by atoms with Gasteiger partial charge in [0.1, 0.15) is 0 Å². The minimum Gasteiger partial charge on any atom is -0.258 e. The SMILES string of the molecule is O=C(OOC(=O)C(F)(OC(F)(F)C(F)(F)F)C(F)(F)F)C(F)(OC(F)(F)C(F)(F)F)C(F)(F)F. The van der Waals surface area contributed by atoms with E-state index >= 15 is 0 Å². The number of halogens is 18. The molecule has 0 aliphatic rings. The van der Waals surface area contributed by atoms with Gasteiger partial charge in [0.15, 0.2) is 0 Å². The summed E-state index contributed by atoms with van der Waals surface area (Å²) in [6, 6.07) is 0. The summed E-state index contributed by atoms with van der Waals surface area (Å²) in [6.07, 6.45) is -43.7. The Morgan fingerprint density at radius 2 is 0.588 bits per heavy atom. The third-order valence-electron chi connectivity index (χ3n) is 2.65. The molecule has 0 aliphatic carbocycles. The molecule has 0 aliphatic heterocycles. The number of hydrogen-bond donors (Lipinski definition) is 0. The molecule has 0 aromatic rings. The highest BCUT2D eigenvalue weighted by molar-refractivity contribution is 5.82. The zero-order valence-electron chi connectivity index (χ0n) is 14.3. The van der Waals surface area contributed by atoms with Gasteiger partial charge in [-0.05, 0) is 0 Å². The van der Waals surface area contributed by atoms with Crippen LogP contribution in [0.15, 0.2) is 0 Å². The molecule has 0 aromatic heterocycles. The van der Waals surface area contributed by atoms with Crippen LogP contribution in [-0.2, 0) is 28.8 Å². The van der Waals surface area contributed by atoms with Gasteiger partial charge in [0.25, 0.3) is 0 Å². The van der Waals surface area contributed by atoms with E-state index in [2.05, 4.69) is 9.78 Å². The van der Waals surface area contributed by atoms with E-state index in [0.29, 0.717) is 0 Å². The predicted molar refractivity (Wildman–Crippen MR) is 56.1 cm³/mol. The van der Waals surface area contributed by atoms with Gasteiger partial charge in [0.05, 0.1) is 0 Å². The number of rotatable bonds is 6. The van der Waals surface area contributed by atoms with Gasteiger partial charge in [-0.2, -0.15) is 79.0 Å². The molecule has 34 heavy (non-hydrogen) atoms. The van der Waals surface area contributed by atoms with E-state index in [9.17, 15) is 88.6 Å². The van der Waals surface area contributed by atoms with Gasteiger partial charge < -0.3 is 0 Å². The van der Waals surface area contributed by atoms with Crippen molar-refractivity contribution in [3.63, 3.8) is 0 Å². The average Bonchev–Trinajstić information content (AvgIpc) is 2.54. The van der Waals surface area contributed by atoms with Crippen LogP contribution in [0, 0.1) is 0 Å². The second kappa shape index (κ2) is 8.67. The average molecular weight is 558 g/mol. The third-order valence-corrected chi connectivity index (χ3v) is 2.65. The van der Waals surface area contributed by atoms with Crippen molar-refractivity contribution >= 4 is 11.9 Å². The fourth-order valence-corrected chi connectivity index (χ4v) is 1.08. The minimum atomic E-state index is -7.37. The molecule has 2 unspecified atom stereocenters. The Balaban J connectivity index is 6.05. The lowest BCUT2D eigenvalue weighted by molar-refractivity contribution is -0.471. The lowest BCUT2D eigenvalue weighted by Crippen LogP contribution is -2.59. The van der Waals surface area contributed by atoms with Crippen molar-refractivity contribution in [2.24, 2.45) is 0 Å². The van der Waals surface area contributed by atoms with Gasteiger partial charge in [-0.15, -0.1) is 0 Å². The predicted octanol–water partition coefficient (Wildman–Crippen LogP) is 4.79. The second-order valence-electron chi connectivity index (χ2n) is 5.16. The number of carbonyl (C=O) groups excluding carboxylic acids is 2. The zero-order chi connectivity index (χ0) is 28.0. The first-order valence-electron chi connectivity index (χ1n) is 6.70. The van der Waals surface area contributed by atoms with Gasteiger partial charge in [-0.3, -0.25) is 9.47 Å². The molecular formula is C10F18O6. The largest absolute Gasteiger partial charge is 0.483 e. The van der Waals surface area contributed by atoms with Crippen LogP contribution in [0.2, 0.25) is 0 Å². The van der Waals surface area contributed by atoms with Crippen LogP contribution in [0.25, 0.3) is 0 Å². The van der Waals surface area contributed by atoms with Gasteiger partial charge >= 0.3 is 60.6 Å². The van der Waals surface area contributed by atoms with E-state index in [1.807, 2.05) is 0 Å². The lowest BCUT2D eigenvalue weighted by atomic mass is 10.3. The van der Waals surface area contributed by atoms with Gasteiger partial charge in [-0.25, -0.2) is 19.4 Å². The van der Waals surface area contributed by atoms with Crippen molar-refractivity contribution in [2.75, 3.05) is 0 Å². The molecule has 0 saturated carbocycles. The van der Waals surface area contributed by atoms with Crippen molar-refractivity contribution < 1.29 is 108 Å². The molecule has 6 nitrogen and oxygen atoms in total. The molecule has 0 heterocycles. The van der Waals surface area contributed by atoms with Gasteiger partial charge in [0.2, 0.25) is 0 Å². The summed E-state index contributed by atoms with van der Waals surface area (Å²) < 4.78 is 226. The Labute approximate surface area is 170 Å². The smallest absolute Gasteiger partial charge is 0.258 e. The number of alkyl halides is 18. The standard InChI is InChI=1S/C10F18O6/c11-3(5(13,14)15,33-9(25,26)7(19,20)21)1(29)31-32-2(30)4(12,6(16,17)18)34-10(27,28)8(22,23)24. The summed E-state index contributed by atoms with van der Waals surface area (Å²) >= 11 is 0. The van der Waals surface area contributed by atoms with E-state index in [-0.39, 0.29) is 0 Å². The maximum absolute atomic E-state index is 13.5. The molecule has 2 atom stereocenters. The second-order valence-corrected chi connectivity index (χ2v) is 5.16. The number of carbonyl (C=O) groups is 2. The summed E-state index contributed by atoms with van der Waals surface area (Å²) in [5.41, 5.74) is 0. The summed E-state index contributed by atoms with van der Waals surface area (Å²) in [5.74, 6) is -23.1. The molecule has 0 saturated heterocycles. The van der Waals surface area contributed by atoms with Crippen molar-refractivity contribution in [2.45, 2.75) is 48.6 Å². The maximum Gasteiger partial charge on any atom is 0.483 e. The fourth-order valence-electron chi connectivity index (χ4n) is 1.08. The Hall–Kier alpha value is -2.40. The first kappa shape index (κ1) is 31.6. The summed E-state index contributed by atoms with van der Waals surface area (Å²) in [7, 11) is 0. The van der Waals surface area contributed by atoms with Gasteiger partial charge in [-0.1, -0.05) is 0 Å². The molecule has 0 rings (SSSR count). The van der Waals surface area contributed by atoms with Crippen LogP contribution < -0.4 is 0 Å². The number of ether oxygens (including phenoxy) is 2. The summed E-state index contributed by atoms with van der Waals surface area (Å²) in [4.78, 5) is 26.0. The van der Waals surface area contributed by atoms with Crippen LogP contribution >= 0.6 is 0 Å². The van der Waals surface area contributed by atoms with E-state index in [0.717, 1.165) is 0 Å². The molecule has 0 amide bonds. The molecule has 0 fully saturated rings. The Bertz CT molecular complexity index is 699. The molecule has 0 bridgehead atoms. The topological polar surface area (TPSA) is 71.1 Å². The Kier molecular flexibility index (Phi) is 8.06. The summed E-state index contributed by atoms with van der Waals surface area (Å²) in [6.45, 7) is 0. The van der Waals surface area contributed by atoms with Crippen LogP contribution in [0.1, 0.15) is 0 Å². The zero-order valence-corrected chi connectivity index (χ0v) is 14.3. The maximum atomic E-state index is 13.5. The van der Waals surface area contributed by atoms with E-state index < -0.39 is 60.6 Å². The molecule has 24 heteroatoms. The van der Waals surface area contributed by atoms with Crippen molar-refractivity contribution in [3.05, 3.63) is 0 Å². The number of hydrogen-bond acceptors (Lipinski definition) is 6. The van der Waals surface area contributed by atoms with Crippen molar-refractivity contribution in [1.29, 1.82) is 0 Å². The van der Waals surface area contributed by atoms with Gasteiger partial charge in [0, 0.05) is 0 Å². The monoisotopic (exact) mass is 558 g/mol. The third kappa shape index (κ3) is 6.18.